The Labute approximate surface area is 165 Å². The Kier molecular flexibility index (Phi) is 5.92. The lowest BCUT2D eigenvalue weighted by Gasteiger charge is -2.37. The third kappa shape index (κ3) is 4.36. The molecule has 0 radical (unpaired) electrons. The van der Waals surface area contributed by atoms with E-state index >= 15 is 0 Å². The lowest BCUT2D eigenvalue weighted by atomic mass is 10.0. The molecule has 0 bridgehead atoms. The molecule has 0 aromatic carbocycles. The summed E-state index contributed by atoms with van der Waals surface area (Å²) in [6, 6.07) is 3.50. The van der Waals surface area contributed by atoms with Crippen LogP contribution in [0.5, 0.6) is 0 Å². The van der Waals surface area contributed by atoms with Crippen LogP contribution in [-0.2, 0) is 9.47 Å². The highest BCUT2D eigenvalue weighted by Crippen LogP contribution is 2.31. The summed E-state index contributed by atoms with van der Waals surface area (Å²) < 4.78 is 11.4. The Morgan fingerprint density at radius 2 is 1.75 bits per heavy atom. The monoisotopic (exact) mass is 387 g/mol. The molecule has 0 unspecified atom stereocenters. The number of piperidine rings is 1. The molecule has 7 heteroatoms. The summed E-state index contributed by atoms with van der Waals surface area (Å²) in [5.41, 5.74) is 0.816. The van der Waals surface area contributed by atoms with E-state index in [1.54, 1.807) is 23.2 Å². The smallest absolute Gasteiger partial charge is 0.270 e. The molecule has 3 aliphatic rings. The molecular weight excluding hydrogens is 358 g/mol. The van der Waals surface area contributed by atoms with Crippen LogP contribution in [-0.4, -0.2) is 59.8 Å². The number of amides is 2. The molecule has 2 amide bonds. The number of carbonyl (C=O) groups is 2. The van der Waals surface area contributed by atoms with Gasteiger partial charge in [0.1, 0.15) is 5.69 Å². The number of nitrogens with one attached hydrogen (secondary N) is 1. The third-order valence-corrected chi connectivity index (χ3v) is 6.06. The normalized spacial score (nSPS) is 22.8. The molecule has 152 valence electrons. The van der Waals surface area contributed by atoms with Gasteiger partial charge in [0.15, 0.2) is 5.79 Å². The molecule has 1 spiro atoms. The van der Waals surface area contributed by atoms with Crippen molar-refractivity contribution in [3.63, 3.8) is 0 Å². The van der Waals surface area contributed by atoms with Gasteiger partial charge in [-0.25, -0.2) is 0 Å². The number of pyridine rings is 1. The summed E-state index contributed by atoms with van der Waals surface area (Å²) >= 11 is 0. The van der Waals surface area contributed by atoms with E-state index in [0.717, 1.165) is 25.7 Å². The van der Waals surface area contributed by atoms with Crippen LogP contribution in [0.15, 0.2) is 18.3 Å². The number of hydrogen-bond acceptors (Lipinski definition) is 5. The number of aromatic nitrogens is 1. The average Bonchev–Trinajstić information content (AvgIpc) is 3.02. The zero-order chi connectivity index (χ0) is 19.4. The van der Waals surface area contributed by atoms with E-state index in [1.807, 2.05) is 0 Å². The number of rotatable bonds is 3. The summed E-state index contributed by atoms with van der Waals surface area (Å²) in [4.78, 5) is 31.5. The van der Waals surface area contributed by atoms with E-state index in [1.165, 1.54) is 12.8 Å². The van der Waals surface area contributed by atoms with Crippen molar-refractivity contribution >= 4 is 11.8 Å². The highest BCUT2D eigenvalue weighted by atomic mass is 16.7. The van der Waals surface area contributed by atoms with Gasteiger partial charge in [0.2, 0.25) is 0 Å². The van der Waals surface area contributed by atoms with Gasteiger partial charge in [-0.2, -0.15) is 0 Å². The topological polar surface area (TPSA) is 80.8 Å². The molecule has 28 heavy (non-hydrogen) atoms. The fourth-order valence-corrected chi connectivity index (χ4v) is 4.39. The van der Waals surface area contributed by atoms with E-state index in [-0.39, 0.29) is 17.9 Å². The maximum atomic E-state index is 12.9. The minimum atomic E-state index is -0.501. The molecule has 1 saturated carbocycles. The highest BCUT2D eigenvalue weighted by molar-refractivity contribution is 5.98. The van der Waals surface area contributed by atoms with Gasteiger partial charge in [0, 0.05) is 43.7 Å². The molecule has 3 fully saturated rings. The number of carbonyl (C=O) groups excluding carboxylic acids is 2. The summed E-state index contributed by atoms with van der Waals surface area (Å²) in [5, 5.41) is 3.09. The Bertz CT molecular complexity index is 699. The van der Waals surface area contributed by atoms with Crippen molar-refractivity contribution in [3.8, 4) is 0 Å². The van der Waals surface area contributed by atoms with Crippen molar-refractivity contribution < 1.29 is 19.1 Å². The molecule has 1 aromatic heterocycles. The predicted molar refractivity (Wildman–Crippen MR) is 103 cm³/mol. The first-order chi connectivity index (χ1) is 13.7. The molecule has 1 N–H and O–H groups in total. The maximum absolute atomic E-state index is 12.9. The Hall–Kier alpha value is -1.99. The predicted octanol–water partition coefficient (Wildman–Crippen LogP) is 2.51. The van der Waals surface area contributed by atoms with Crippen molar-refractivity contribution in [2.45, 2.75) is 63.2 Å². The first-order valence-corrected chi connectivity index (χ1v) is 10.5. The van der Waals surface area contributed by atoms with E-state index in [4.69, 9.17) is 9.47 Å². The SMILES string of the molecule is O=C(NC1CCCCCC1)c1cc(C(=O)N2CCC3(CC2)OCCO3)ccn1. The molecule has 2 saturated heterocycles. The van der Waals surface area contributed by atoms with Crippen LogP contribution in [0.4, 0.5) is 0 Å². The second-order valence-electron chi connectivity index (χ2n) is 7.99. The number of nitrogens with zero attached hydrogens (tertiary/aromatic N) is 2. The average molecular weight is 387 g/mol. The Balaban J connectivity index is 1.37. The Morgan fingerprint density at radius 1 is 1.07 bits per heavy atom. The molecule has 1 aromatic rings. The molecule has 1 aliphatic carbocycles. The van der Waals surface area contributed by atoms with E-state index in [2.05, 4.69) is 10.3 Å². The second-order valence-corrected chi connectivity index (χ2v) is 7.99. The molecule has 2 aliphatic heterocycles. The van der Waals surface area contributed by atoms with Gasteiger partial charge in [-0.1, -0.05) is 25.7 Å². The van der Waals surface area contributed by atoms with Crippen LogP contribution >= 0.6 is 0 Å². The third-order valence-electron chi connectivity index (χ3n) is 6.06. The number of hydrogen-bond donors (Lipinski definition) is 1. The summed E-state index contributed by atoms with van der Waals surface area (Å²) in [6.07, 6.45) is 9.72. The van der Waals surface area contributed by atoms with Crippen molar-refractivity contribution in [2.75, 3.05) is 26.3 Å². The lowest BCUT2D eigenvalue weighted by Crippen LogP contribution is -2.47. The number of likely N-dealkylation sites (tertiary alicyclic amines) is 1. The van der Waals surface area contributed by atoms with E-state index in [0.29, 0.717) is 50.4 Å². The first kappa shape index (κ1) is 19.3. The zero-order valence-corrected chi connectivity index (χ0v) is 16.3. The quantitative estimate of drug-likeness (QED) is 0.806. The summed E-state index contributed by atoms with van der Waals surface area (Å²) in [6.45, 7) is 2.42. The molecule has 0 atom stereocenters. The van der Waals surface area contributed by atoms with Crippen LogP contribution in [0.2, 0.25) is 0 Å². The molecule has 3 heterocycles. The van der Waals surface area contributed by atoms with Gasteiger partial charge in [0.05, 0.1) is 13.2 Å². The minimum absolute atomic E-state index is 0.0706. The summed E-state index contributed by atoms with van der Waals surface area (Å²) in [7, 11) is 0. The van der Waals surface area contributed by atoms with Gasteiger partial charge >= 0.3 is 0 Å². The van der Waals surface area contributed by atoms with E-state index < -0.39 is 5.79 Å². The van der Waals surface area contributed by atoms with Gasteiger partial charge in [-0.05, 0) is 25.0 Å². The largest absolute Gasteiger partial charge is 0.348 e. The van der Waals surface area contributed by atoms with Crippen LogP contribution in [0.25, 0.3) is 0 Å². The maximum Gasteiger partial charge on any atom is 0.270 e. The highest BCUT2D eigenvalue weighted by Gasteiger charge is 2.40. The molecular formula is C21H29N3O4. The molecule has 7 nitrogen and oxygen atoms in total. The van der Waals surface area contributed by atoms with Crippen LogP contribution in [0, 0.1) is 0 Å². The fraction of sp³-hybridized carbons (Fsp3) is 0.667. The fourth-order valence-electron chi connectivity index (χ4n) is 4.39. The zero-order valence-electron chi connectivity index (χ0n) is 16.3. The van der Waals surface area contributed by atoms with Crippen molar-refractivity contribution in [2.24, 2.45) is 0 Å². The van der Waals surface area contributed by atoms with Gasteiger partial charge in [0.25, 0.3) is 11.8 Å². The van der Waals surface area contributed by atoms with E-state index in [9.17, 15) is 9.59 Å². The molecule has 4 rings (SSSR count). The Morgan fingerprint density at radius 3 is 2.43 bits per heavy atom. The first-order valence-electron chi connectivity index (χ1n) is 10.5. The second kappa shape index (κ2) is 8.57. The van der Waals surface area contributed by atoms with Crippen molar-refractivity contribution in [1.82, 2.24) is 15.2 Å². The van der Waals surface area contributed by atoms with Crippen molar-refractivity contribution in [3.05, 3.63) is 29.6 Å². The van der Waals surface area contributed by atoms with Gasteiger partial charge in [-0.3, -0.25) is 14.6 Å². The minimum Gasteiger partial charge on any atom is -0.348 e. The number of ether oxygens (including phenoxy) is 2. The standard InChI is InChI=1S/C21H29N3O4/c25-19(23-17-5-3-1-2-4-6-17)18-15-16(7-10-22-18)20(26)24-11-8-21(9-12-24)27-13-14-28-21/h7,10,15,17H,1-6,8-9,11-14H2,(H,23,25). The lowest BCUT2D eigenvalue weighted by molar-refractivity contribution is -0.181. The van der Waals surface area contributed by atoms with Crippen LogP contribution < -0.4 is 5.32 Å². The van der Waals surface area contributed by atoms with Crippen LogP contribution in [0.1, 0.15) is 72.2 Å². The van der Waals surface area contributed by atoms with Crippen molar-refractivity contribution in [1.29, 1.82) is 0 Å². The van der Waals surface area contributed by atoms with Gasteiger partial charge < -0.3 is 19.7 Å². The summed E-state index contributed by atoms with van der Waals surface area (Å²) in [5.74, 6) is -0.760. The van der Waals surface area contributed by atoms with Gasteiger partial charge in [-0.15, -0.1) is 0 Å². The van der Waals surface area contributed by atoms with Crippen LogP contribution in [0.3, 0.4) is 0 Å².